The van der Waals surface area contributed by atoms with Crippen molar-refractivity contribution in [2.75, 3.05) is 62.2 Å². The van der Waals surface area contributed by atoms with E-state index in [0.717, 1.165) is 63.4 Å². The molecule has 20 heteroatoms. The Morgan fingerprint density at radius 2 is 1.72 bits per heavy atom. The van der Waals surface area contributed by atoms with E-state index < -0.39 is 35.4 Å². The Morgan fingerprint density at radius 1 is 0.986 bits per heavy atom. The first kappa shape index (κ1) is 52.2. The number of hydrogen-bond acceptors (Lipinski definition) is 15. The number of aryl methyl sites for hydroxylation is 1. The number of hydrogen-bond donors (Lipinski definition) is 4. The van der Waals surface area contributed by atoms with E-state index in [9.17, 15) is 24.3 Å². The largest absolute Gasteiger partial charge is 0.490 e. The molecule has 3 aromatic heterocycles. The van der Waals surface area contributed by atoms with E-state index in [1.807, 2.05) is 68.6 Å². The van der Waals surface area contributed by atoms with E-state index in [2.05, 4.69) is 37.3 Å². The third-order valence-corrected chi connectivity index (χ3v) is 16.9. The summed E-state index contributed by atoms with van der Waals surface area (Å²) in [5.74, 6) is 1.08. The third kappa shape index (κ3) is 12.4. The van der Waals surface area contributed by atoms with Gasteiger partial charge in [-0.05, 0) is 67.7 Å². The van der Waals surface area contributed by atoms with Gasteiger partial charge < -0.3 is 45.8 Å². The maximum Gasteiger partial charge on any atom is 0.246 e. The van der Waals surface area contributed by atoms with Crippen molar-refractivity contribution < 1.29 is 29.0 Å². The van der Waals surface area contributed by atoms with Crippen molar-refractivity contribution >= 4 is 70.0 Å². The highest BCUT2D eigenvalue weighted by Gasteiger charge is 2.44. The van der Waals surface area contributed by atoms with Crippen molar-refractivity contribution in [3.8, 4) is 16.2 Å². The van der Waals surface area contributed by atoms with Gasteiger partial charge in [-0.1, -0.05) is 63.2 Å². The van der Waals surface area contributed by atoms with Gasteiger partial charge in [-0.15, -0.1) is 11.3 Å². The number of thiazole rings is 1. The summed E-state index contributed by atoms with van der Waals surface area (Å²) in [4.78, 5) is 81.9. The number of aliphatic hydroxyl groups is 1. The van der Waals surface area contributed by atoms with Gasteiger partial charge in [-0.3, -0.25) is 19.2 Å². The van der Waals surface area contributed by atoms with Gasteiger partial charge in [-0.25, -0.2) is 19.9 Å². The lowest BCUT2D eigenvalue weighted by molar-refractivity contribution is -0.143. The summed E-state index contributed by atoms with van der Waals surface area (Å²) in [6.07, 6.45) is 9.16. The van der Waals surface area contributed by atoms with Crippen LogP contribution in [0.15, 0.2) is 58.3 Å². The molecular formula is C51H68ClN11O6S2. The lowest BCUT2D eigenvalue weighted by Crippen LogP contribution is -2.57. The summed E-state index contributed by atoms with van der Waals surface area (Å²) >= 11 is 10.0. The monoisotopic (exact) mass is 1030 g/mol. The second-order valence-corrected chi connectivity index (χ2v) is 23.2. The standard InChI is InChI=1S/C51H68ClN11O6S2/c1-31-44(70-30-58-31)34-7-8-35(25-57-47(66)38-24-36(65)28-63(38)49(68)45(50(3,4)5)59-32(2)64)39(23-34)69-37-12-19-62(20-13-37)48(67)33-10-17-61(18-11-33)46-43(52)40(9-16-54-46)71-42-27-55-41(26-56-42)60-21-14-51(6,29-53)15-22-60/h7-9,16,23,26-27,30,33,36-38,45,65H,10-15,17-22,24-25,28-29,53H2,1-6H3,(H,57,66)(H,59,64)/t36-,38+,45-/m1/s1. The number of pyridine rings is 1. The minimum absolute atomic E-state index is 0.00977. The fraction of sp³-hybridized carbons (Fsp3) is 0.569. The SMILES string of the molecule is CC(=O)N[C@H](C(=O)N1C[C@H](O)C[C@H]1C(=O)NCc1ccc(-c2scnc2C)cc1OC1CCN(C(=O)C2CCN(c3nccc(Sc4cnc(N5CCC(C)(CN)CC5)cn4)c3Cl)CC2)CC1)C(C)(C)C. The topological polar surface area (TPSA) is 212 Å². The van der Waals surface area contributed by atoms with Gasteiger partial charge in [0.05, 0.1) is 39.6 Å². The van der Waals surface area contributed by atoms with Crippen LogP contribution in [0, 0.1) is 23.7 Å². The number of aromatic nitrogens is 4. The van der Waals surface area contributed by atoms with Gasteiger partial charge >= 0.3 is 0 Å². The Kier molecular flexibility index (Phi) is 16.5. The molecule has 8 rings (SSSR count). The van der Waals surface area contributed by atoms with E-state index in [4.69, 9.17) is 32.0 Å². The predicted molar refractivity (Wildman–Crippen MR) is 276 cm³/mol. The number of nitrogens with zero attached hydrogens (tertiary/aromatic N) is 8. The Hall–Kier alpha value is -5.08. The Labute approximate surface area is 430 Å². The number of nitrogens with two attached hydrogens (primary N) is 1. The number of benzene rings is 1. The fourth-order valence-electron chi connectivity index (χ4n) is 9.96. The summed E-state index contributed by atoms with van der Waals surface area (Å²) in [6.45, 7) is 16.2. The quantitative estimate of drug-likeness (QED) is 0.113. The van der Waals surface area contributed by atoms with Crippen LogP contribution in [-0.4, -0.2) is 135 Å². The molecule has 4 amide bonds. The molecule has 382 valence electrons. The van der Waals surface area contributed by atoms with Crippen molar-refractivity contribution in [2.45, 2.75) is 127 Å². The average molecular weight is 1030 g/mol. The second-order valence-electron chi connectivity index (χ2n) is 20.9. The van der Waals surface area contributed by atoms with Crippen LogP contribution in [0.4, 0.5) is 11.6 Å². The number of rotatable bonds is 14. The van der Waals surface area contributed by atoms with Crippen molar-refractivity contribution in [3.05, 3.63) is 64.6 Å². The number of anilines is 2. The molecule has 0 saturated carbocycles. The minimum atomic E-state index is -0.914. The minimum Gasteiger partial charge on any atom is -0.490 e. The van der Waals surface area contributed by atoms with Crippen LogP contribution in [0.2, 0.25) is 5.02 Å². The third-order valence-electron chi connectivity index (χ3n) is 14.5. The maximum atomic E-state index is 14.0. The number of carbonyl (C=O) groups is 4. The molecule has 4 fully saturated rings. The number of likely N-dealkylation sites (tertiary alicyclic amines) is 2. The zero-order valence-corrected chi connectivity index (χ0v) is 44.0. The molecule has 17 nitrogen and oxygen atoms in total. The fourth-order valence-corrected chi connectivity index (χ4v) is 11.9. The van der Waals surface area contributed by atoms with Crippen molar-refractivity contribution in [3.63, 3.8) is 0 Å². The van der Waals surface area contributed by atoms with Gasteiger partial charge in [0.25, 0.3) is 0 Å². The second kappa shape index (κ2) is 22.4. The summed E-state index contributed by atoms with van der Waals surface area (Å²) in [5.41, 5.74) is 9.98. The van der Waals surface area contributed by atoms with E-state index in [0.29, 0.717) is 75.0 Å². The van der Waals surface area contributed by atoms with E-state index >= 15 is 0 Å². The lowest BCUT2D eigenvalue weighted by Gasteiger charge is -2.39. The normalized spacial score (nSPS) is 20.5. The smallest absolute Gasteiger partial charge is 0.246 e. The Bertz CT molecular complexity index is 2540. The molecule has 5 N–H and O–H groups in total. The molecule has 0 bridgehead atoms. The van der Waals surface area contributed by atoms with Crippen LogP contribution >= 0.6 is 34.7 Å². The van der Waals surface area contributed by atoms with Crippen LogP contribution in [0.25, 0.3) is 10.4 Å². The molecule has 4 aliphatic rings. The predicted octanol–water partition coefficient (Wildman–Crippen LogP) is 6.09. The van der Waals surface area contributed by atoms with Crippen molar-refractivity contribution in [1.29, 1.82) is 0 Å². The van der Waals surface area contributed by atoms with Crippen LogP contribution in [0.5, 0.6) is 5.75 Å². The summed E-state index contributed by atoms with van der Waals surface area (Å²) in [6, 6.07) is 6.02. The highest BCUT2D eigenvalue weighted by Crippen LogP contribution is 2.40. The van der Waals surface area contributed by atoms with Crippen LogP contribution < -0.4 is 30.9 Å². The molecule has 0 radical (unpaired) electrons. The zero-order valence-electron chi connectivity index (χ0n) is 41.7. The summed E-state index contributed by atoms with van der Waals surface area (Å²) in [7, 11) is 0. The number of halogens is 1. The molecule has 4 aromatic rings. The average Bonchev–Trinajstić information content (AvgIpc) is 3.98. The van der Waals surface area contributed by atoms with Gasteiger partial charge in [0, 0.05) is 101 Å². The first-order valence-electron chi connectivity index (χ1n) is 24.8. The number of piperidine rings is 3. The first-order chi connectivity index (χ1) is 33.9. The molecule has 3 atom stereocenters. The number of amides is 4. The van der Waals surface area contributed by atoms with Crippen LogP contribution in [0.3, 0.4) is 0 Å². The number of β-amino-alcohol motifs (C(OH)–C–C–N with tert-alkyl or cyclic N) is 1. The maximum absolute atomic E-state index is 14.0. The van der Waals surface area contributed by atoms with Gasteiger partial charge in [0.1, 0.15) is 40.6 Å². The molecule has 71 heavy (non-hydrogen) atoms. The number of carbonyl (C=O) groups excluding carboxylic acids is 4. The lowest BCUT2D eigenvalue weighted by atomic mass is 9.80. The van der Waals surface area contributed by atoms with Gasteiger partial charge in [0.15, 0.2) is 0 Å². The molecule has 4 aliphatic heterocycles. The molecule has 0 spiro atoms. The van der Waals surface area contributed by atoms with Crippen LogP contribution in [0.1, 0.15) is 90.8 Å². The molecule has 1 aromatic carbocycles. The highest BCUT2D eigenvalue weighted by atomic mass is 35.5. The Morgan fingerprint density at radius 3 is 2.35 bits per heavy atom. The highest BCUT2D eigenvalue weighted by molar-refractivity contribution is 7.99. The van der Waals surface area contributed by atoms with Gasteiger partial charge in [0.2, 0.25) is 23.6 Å². The zero-order chi connectivity index (χ0) is 50.6. The van der Waals surface area contributed by atoms with E-state index in [-0.39, 0.29) is 48.8 Å². The molecular weight excluding hydrogens is 962 g/mol. The van der Waals surface area contributed by atoms with E-state index in [1.54, 1.807) is 23.7 Å². The molecule has 7 heterocycles. The number of ether oxygens (including phenoxy) is 1. The van der Waals surface area contributed by atoms with E-state index in [1.165, 1.54) is 23.6 Å². The number of nitrogens with one attached hydrogen (secondary N) is 2. The van der Waals surface area contributed by atoms with Gasteiger partial charge in [-0.2, -0.15) is 0 Å². The number of aliphatic hydroxyl groups excluding tert-OH is 1. The van der Waals surface area contributed by atoms with Crippen molar-refractivity contribution in [2.24, 2.45) is 22.5 Å². The van der Waals surface area contributed by atoms with Crippen molar-refractivity contribution in [1.82, 2.24) is 40.4 Å². The molecule has 0 aliphatic carbocycles. The first-order valence-corrected chi connectivity index (χ1v) is 26.8. The molecule has 4 saturated heterocycles. The Balaban J connectivity index is 0.850. The van der Waals surface area contributed by atoms with Crippen LogP contribution in [-0.2, 0) is 25.7 Å². The summed E-state index contributed by atoms with van der Waals surface area (Å²) in [5, 5.41) is 17.7. The summed E-state index contributed by atoms with van der Waals surface area (Å²) < 4.78 is 6.75. The molecule has 0 unspecified atom stereocenters.